The van der Waals surface area contributed by atoms with Crippen LogP contribution >= 0.6 is 15.9 Å². The van der Waals surface area contributed by atoms with Crippen LogP contribution in [-0.2, 0) is 11.8 Å². The van der Waals surface area contributed by atoms with Crippen LogP contribution in [0.5, 0.6) is 5.75 Å². The Hall–Kier alpha value is -1.62. The van der Waals surface area contributed by atoms with E-state index in [1.807, 2.05) is 12.1 Å². The number of anilines is 1. The molecule has 0 atom stereocenters. The lowest BCUT2D eigenvalue weighted by Crippen LogP contribution is -2.17. The van der Waals surface area contributed by atoms with E-state index in [9.17, 15) is 0 Å². The number of hydrogen-bond donors (Lipinski definition) is 1. The average molecular weight is 348 g/mol. The van der Waals surface area contributed by atoms with Gasteiger partial charge < -0.3 is 10.5 Å². The van der Waals surface area contributed by atoms with Gasteiger partial charge in [0.2, 0.25) is 0 Å². The summed E-state index contributed by atoms with van der Waals surface area (Å²) in [6.45, 7) is 7.08. The van der Waals surface area contributed by atoms with Crippen LogP contribution in [0.4, 0.5) is 5.82 Å². The van der Waals surface area contributed by atoms with E-state index in [0.29, 0.717) is 11.6 Å². The van der Waals surface area contributed by atoms with Crippen molar-refractivity contribution in [2.24, 2.45) is 0 Å². The van der Waals surface area contributed by atoms with Crippen molar-refractivity contribution in [3.8, 4) is 17.1 Å². The van der Waals surface area contributed by atoms with Crippen LogP contribution in [0.1, 0.15) is 32.0 Å². The van der Waals surface area contributed by atoms with Gasteiger partial charge in [-0.1, -0.05) is 20.8 Å². The van der Waals surface area contributed by atoms with Gasteiger partial charge in [-0.05, 0) is 39.7 Å². The third kappa shape index (κ3) is 2.62. The molecule has 1 aromatic heterocycles. The van der Waals surface area contributed by atoms with Crippen LogP contribution in [0.25, 0.3) is 11.4 Å². The maximum atomic E-state index is 6.05. The molecule has 1 aliphatic rings. The van der Waals surface area contributed by atoms with Crippen LogP contribution in [0.2, 0.25) is 0 Å². The van der Waals surface area contributed by atoms with Gasteiger partial charge in [-0.15, -0.1) is 0 Å². The second kappa shape index (κ2) is 4.98. The molecule has 0 unspecified atom stereocenters. The Bertz CT molecular complexity index is 707. The minimum atomic E-state index is -0.107. The van der Waals surface area contributed by atoms with Gasteiger partial charge >= 0.3 is 0 Å². The summed E-state index contributed by atoms with van der Waals surface area (Å²) in [6.07, 6.45) is 0.932. The van der Waals surface area contributed by atoms with Crippen LogP contribution in [0.3, 0.4) is 0 Å². The predicted octanol–water partition coefficient (Wildman–Crippen LogP) is 3.72. The molecule has 0 saturated carbocycles. The summed E-state index contributed by atoms with van der Waals surface area (Å²) < 4.78 is 6.32. The molecule has 2 N–H and O–H groups in total. The van der Waals surface area contributed by atoms with Crippen molar-refractivity contribution in [3.63, 3.8) is 0 Å². The zero-order chi connectivity index (χ0) is 15.2. The molecule has 2 aromatic rings. The number of aromatic nitrogens is 2. The van der Waals surface area contributed by atoms with Gasteiger partial charge in [0.25, 0.3) is 0 Å². The quantitative estimate of drug-likeness (QED) is 0.853. The molecule has 0 fully saturated rings. The number of benzene rings is 1. The molecule has 0 bridgehead atoms. The third-order valence-electron chi connectivity index (χ3n) is 3.53. The van der Waals surface area contributed by atoms with Crippen molar-refractivity contribution < 1.29 is 4.74 Å². The summed E-state index contributed by atoms with van der Waals surface area (Å²) in [4.78, 5) is 9.14. The standard InChI is InChI=1S/C16H18BrN3O/c1-16(2,3)13-12(17)14(18)20-15(19-13)10-4-5-11-9(8-10)6-7-21-11/h4-5,8H,6-7H2,1-3H3,(H2,18,19,20). The van der Waals surface area contributed by atoms with Gasteiger partial charge in [-0.3, -0.25) is 0 Å². The first-order valence-corrected chi connectivity index (χ1v) is 7.75. The third-order valence-corrected chi connectivity index (χ3v) is 4.32. The molecule has 21 heavy (non-hydrogen) atoms. The molecule has 1 aromatic carbocycles. The van der Waals surface area contributed by atoms with Gasteiger partial charge in [-0.2, -0.15) is 0 Å². The van der Waals surface area contributed by atoms with E-state index in [2.05, 4.69) is 47.8 Å². The molecular weight excluding hydrogens is 330 g/mol. The lowest BCUT2D eigenvalue weighted by Gasteiger charge is -2.21. The Labute approximate surface area is 132 Å². The zero-order valence-corrected chi connectivity index (χ0v) is 14.0. The van der Waals surface area contributed by atoms with Crippen LogP contribution in [0.15, 0.2) is 22.7 Å². The van der Waals surface area contributed by atoms with Gasteiger partial charge in [-0.25, -0.2) is 9.97 Å². The van der Waals surface area contributed by atoms with Gasteiger partial charge in [0.1, 0.15) is 11.6 Å². The highest BCUT2D eigenvalue weighted by Crippen LogP contribution is 2.34. The fraction of sp³-hybridized carbons (Fsp3) is 0.375. The molecule has 3 rings (SSSR count). The van der Waals surface area contributed by atoms with Crippen molar-refractivity contribution in [2.45, 2.75) is 32.6 Å². The minimum Gasteiger partial charge on any atom is -0.493 e. The maximum absolute atomic E-state index is 6.05. The molecule has 110 valence electrons. The second-order valence-electron chi connectivity index (χ2n) is 6.27. The van der Waals surface area contributed by atoms with Crippen molar-refractivity contribution in [2.75, 3.05) is 12.3 Å². The van der Waals surface area contributed by atoms with E-state index in [4.69, 9.17) is 15.5 Å². The predicted molar refractivity (Wildman–Crippen MR) is 87.5 cm³/mol. The van der Waals surface area contributed by atoms with Gasteiger partial charge in [0.05, 0.1) is 16.8 Å². The van der Waals surface area contributed by atoms with Crippen LogP contribution < -0.4 is 10.5 Å². The fourth-order valence-corrected chi connectivity index (χ4v) is 3.19. The summed E-state index contributed by atoms with van der Waals surface area (Å²) in [5.41, 5.74) is 9.04. The van der Waals surface area contributed by atoms with Crippen molar-refractivity contribution in [1.82, 2.24) is 9.97 Å². The number of rotatable bonds is 1. The minimum absolute atomic E-state index is 0.107. The Morgan fingerprint density at radius 1 is 1.24 bits per heavy atom. The fourth-order valence-electron chi connectivity index (χ4n) is 2.42. The smallest absolute Gasteiger partial charge is 0.161 e. The Morgan fingerprint density at radius 2 is 2.00 bits per heavy atom. The molecule has 0 saturated heterocycles. The monoisotopic (exact) mass is 347 g/mol. The van der Waals surface area contributed by atoms with E-state index >= 15 is 0 Å². The van der Waals surface area contributed by atoms with E-state index in [1.165, 1.54) is 5.56 Å². The summed E-state index contributed by atoms with van der Waals surface area (Å²) in [7, 11) is 0. The van der Waals surface area contributed by atoms with Crippen LogP contribution in [-0.4, -0.2) is 16.6 Å². The van der Waals surface area contributed by atoms with E-state index in [0.717, 1.165) is 34.5 Å². The van der Waals surface area contributed by atoms with E-state index in [1.54, 1.807) is 0 Å². The lowest BCUT2D eigenvalue weighted by molar-refractivity contribution is 0.357. The number of fused-ring (bicyclic) bond motifs is 1. The van der Waals surface area contributed by atoms with Crippen molar-refractivity contribution >= 4 is 21.7 Å². The van der Waals surface area contributed by atoms with Crippen LogP contribution in [0, 0.1) is 0 Å². The number of ether oxygens (including phenoxy) is 1. The molecule has 5 heteroatoms. The molecular formula is C16H18BrN3O. The zero-order valence-electron chi connectivity index (χ0n) is 12.4. The Balaban J connectivity index is 2.13. The lowest BCUT2D eigenvalue weighted by atomic mass is 9.91. The molecule has 0 amide bonds. The Kier molecular flexibility index (Phi) is 3.40. The van der Waals surface area contributed by atoms with Gasteiger partial charge in [0.15, 0.2) is 5.82 Å². The first-order valence-electron chi connectivity index (χ1n) is 6.96. The number of nitrogens with zero attached hydrogens (tertiary/aromatic N) is 2. The summed E-state index contributed by atoms with van der Waals surface area (Å²) in [5.74, 6) is 2.09. The highest BCUT2D eigenvalue weighted by Gasteiger charge is 2.23. The van der Waals surface area contributed by atoms with Crippen molar-refractivity contribution in [1.29, 1.82) is 0 Å². The van der Waals surface area contributed by atoms with E-state index in [-0.39, 0.29) is 5.41 Å². The normalized spacial score (nSPS) is 13.9. The topological polar surface area (TPSA) is 61.0 Å². The van der Waals surface area contributed by atoms with E-state index < -0.39 is 0 Å². The first kappa shape index (κ1) is 14.3. The highest BCUT2D eigenvalue weighted by molar-refractivity contribution is 9.10. The number of halogens is 1. The molecule has 1 aliphatic heterocycles. The van der Waals surface area contributed by atoms with Crippen molar-refractivity contribution in [3.05, 3.63) is 33.9 Å². The molecule has 0 radical (unpaired) electrons. The number of hydrogen-bond acceptors (Lipinski definition) is 4. The largest absolute Gasteiger partial charge is 0.493 e. The van der Waals surface area contributed by atoms with Gasteiger partial charge in [0, 0.05) is 17.4 Å². The highest BCUT2D eigenvalue weighted by atomic mass is 79.9. The SMILES string of the molecule is CC(C)(C)c1nc(-c2ccc3c(c2)CCO3)nc(N)c1Br. The number of nitrogen functional groups attached to an aromatic ring is 1. The second-order valence-corrected chi connectivity index (χ2v) is 7.06. The molecule has 0 spiro atoms. The summed E-state index contributed by atoms with van der Waals surface area (Å²) in [6, 6.07) is 6.06. The first-order chi connectivity index (χ1) is 9.86. The average Bonchev–Trinajstić information content (AvgIpc) is 2.87. The summed E-state index contributed by atoms with van der Waals surface area (Å²) >= 11 is 3.50. The molecule has 0 aliphatic carbocycles. The molecule has 2 heterocycles. The number of nitrogens with two attached hydrogens (primary N) is 1. The maximum Gasteiger partial charge on any atom is 0.161 e. The summed E-state index contributed by atoms with van der Waals surface area (Å²) in [5, 5.41) is 0. The molecule has 4 nitrogen and oxygen atoms in total. The Morgan fingerprint density at radius 3 is 2.71 bits per heavy atom.